The summed E-state index contributed by atoms with van der Waals surface area (Å²) in [6.07, 6.45) is 1.54. The molecule has 0 unspecified atom stereocenters. The van der Waals surface area contributed by atoms with E-state index >= 15 is 0 Å². The molecule has 2 aromatic rings. The van der Waals surface area contributed by atoms with Crippen LogP contribution in [0.3, 0.4) is 0 Å². The van der Waals surface area contributed by atoms with Crippen molar-refractivity contribution in [2.75, 3.05) is 5.32 Å². The molecule has 2 rings (SSSR count). The number of thiophene rings is 1. The lowest BCUT2D eigenvalue weighted by atomic mass is 10.0. The van der Waals surface area contributed by atoms with E-state index in [2.05, 4.69) is 16.0 Å². The number of benzene rings is 1. The number of para-hydroxylation sites is 1. The first-order valence-corrected chi connectivity index (χ1v) is 11.3. The summed E-state index contributed by atoms with van der Waals surface area (Å²) < 4.78 is 0. The van der Waals surface area contributed by atoms with Gasteiger partial charge in [0.25, 0.3) is 0 Å². The third-order valence-electron chi connectivity index (χ3n) is 4.78. The molecular formula is C23H31N3O4S. The highest BCUT2D eigenvalue weighted by atomic mass is 32.1. The number of hydrogen-bond donors (Lipinski definition) is 4. The molecular weight excluding hydrogens is 414 g/mol. The largest absolute Gasteiger partial charge is 0.480 e. The second-order valence-electron chi connectivity index (χ2n) is 7.94. The molecule has 0 saturated heterocycles. The van der Waals surface area contributed by atoms with Gasteiger partial charge in [0.15, 0.2) is 0 Å². The lowest BCUT2D eigenvalue weighted by Gasteiger charge is -2.25. The highest BCUT2D eigenvalue weighted by molar-refractivity contribution is 7.09. The van der Waals surface area contributed by atoms with Gasteiger partial charge in [-0.05, 0) is 55.7 Å². The Morgan fingerprint density at radius 1 is 0.968 bits per heavy atom. The lowest BCUT2D eigenvalue weighted by Crippen LogP contribution is -2.54. The summed E-state index contributed by atoms with van der Waals surface area (Å²) >= 11 is 1.59. The van der Waals surface area contributed by atoms with Crippen LogP contribution in [0.2, 0.25) is 0 Å². The fraction of sp³-hybridized carbons (Fsp3) is 0.435. The minimum atomic E-state index is -1.03. The van der Waals surface area contributed by atoms with Crippen molar-refractivity contribution >= 4 is 34.8 Å². The van der Waals surface area contributed by atoms with E-state index < -0.39 is 24.1 Å². The minimum absolute atomic E-state index is 0.183. The monoisotopic (exact) mass is 445 g/mol. The van der Waals surface area contributed by atoms with Crippen molar-refractivity contribution in [2.45, 2.75) is 58.2 Å². The molecule has 0 aliphatic heterocycles. The topological polar surface area (TPSA) is 108 Å². The smallest absolute Gasteiger partial charge is 0.320 e. The Morgan fingerprint density at radius 2 is 1.68 bits per heavy atom. The van der Waals surface area contributed by atoms with Crippen LogP contribution in [-0.2, 0) is 20.8 Å². The van der Waals surface area contributed by atoms with E-state index in [-0.39, 0.29) is 17.7 Å². The number of carboxylic acids is 1. The number of carbonyl (C=O) groups is 3. The molecule has 0 aliphatic rings. The Hall–Kier alpha value is -2.71. The van der Waals surface area contributed by atoms with Crippen molar-refractivity contribution in [2.24, 2.45) is 5.92 Å². The molecule has 8 heteroatoms. The van der Waals surface area contributed by atoms with Crippen molar-refractivity contribution in [1.29, 1.82) is 0 Å². The molecule has 0 radical (unpaired) electrons. The number of anilines is 1. The van der Waals surface area contributed by atoms with Crippen LogP contribution in [-0.4, -0.2) is 41.0 Å². The van der Waals surface area contributed by atoms with Crippen LogP contribution in [0.1, 0.15) is 38.5 Å². The molecule has 1 aromatic carbocycles. The van der Waals surface area contributed by atoms with Crippen molar-refractivity contribution < 1.29 is 19.5 Å². The molecule has 0 saturated carbocycles. The number of nitrogens with one attached hydrogen (secondary N) is 3. The van der Waals surface area contributed by atoms with E-state index in [0.717, 1.165) is 4.88 Å². The number of rotatable bonds is 12. The summed E-state index contributed by atoms with van der Waals surface area (Å²) in [6.45, 7) is 5.46. The first-order valence-electron chi connectivity index (χ1n) is 10.4. The second-order valence-corrected chi connectivity index (χ2v) is 8.98. The van der Waals surface area contributed by atoms with Crippen LogP contribution in [0.15, 0.2) is 47.8 Å². The van der Waals surface area contributed by atoms with E-state index in [9.17, 15) is 19.5 Å². The van der Waals surface area contributed by atoms with Gasteiger partial charge in [0, 0.05) is 10.6 Å². The van der Waals surface area contributed by atoms with Crippen molar-refractivity contribution in [1.82, 2.24) is 10.6 Å². The summed E-state index contributed by atoms with van der Waals surface area (Å²) in [6, 6.07) is 10.7. The first kappa shape index (κ1) is 24.6. The fourth-order valence-electron chi connectivity index (χ4n) is 3.13. The number of amides is 2. The van der Waals surface area contributed by atoms with Crippen LogP contribution < -0.4 is 16.0 Å². The Kier molecular flexibility index (Phi) is 9.68. The molecule has 0 aliphatic carbocycles. The standard InChI is InChI=1S/C23H31N3O4S/c1-15(2)14-20(22(28)25-17-8-5-4-6-9-17)26-21(27)19(24-16(3)23(29)30)12-11-18-10-7-13-31-18/h4-10,13,15-16,19-20,24H,11-12,14H2,1-3H3,(H,25,28)(H,26,27)(H,29,30)/t16-,19+,20+/m1/s1. The molecule has 3 atom stereocenters. The van der Waals surface area contributed by atoms with Gasteiger partial charge in [-0.2, -0.15) is 0 Å². The average Bonchev–Trinajstić information content (AvgIpc) is 3.24. The summed E-state index contributed by atoms with van der Waals surface area (Å²) in [7, 11) is 0. The number of aliphatic carboxylic acids is 1. The predicted molar refractivity (Wildman–Crippen MR) is 123 cm³/mol. The maximum atomic E-state index is 13.1. The zero-order valence-electron chi connectivity index (χ0n) is 18.1. The summed E-state index contributed by atoms with van der Waals surface area (Å²) in [5, 5.41) is 19.8. The molecule has 4 N–H and O–H groups in total. The predicted octanol–water partition coefficient (Wildman–Crippen LogP) is 3.28. The van der Waals surface area contributed by atoms with Gasteiger partial charge in [-0.3, -0.25) is 19.7 Å². The molecule has 168 valence electrons. The third kappa shape index (κ3) is 8.51. The molecule has 0 spiro atoms. The molecule has 0 fully saturated rings. The Morgan fingerprint density at radius 3 is 2.26 bits per heavy atom. The maximum Gasteiger partial charge on any atom is 0.320 e. The molecule has 7 nitrogen and oxygen atoms in total. The zero-order chi connectivity index (χ0) is 22.8. The second kappa shape index (κ2) is 12.2. The average molecular weight is 446 g/mol. The highest BCUT2D eigenvalue weighted by Gasteiger charge is 2.28. The van der Waals surface area contributed by atoms with E-state index in [1.54, 1.807) is 23.5 Å². The van der Waals surface area contributed by atoms with Crippen LogP contribution >= 0.6 is 11.3 Å². The normalized spacial score (nSPS) is 13.9. The van der Waals surface area contributed by atoms with Crippen LogP contribution in [0.25, 0.3) is 0 Å². The van der Waals surface area contributed by atoms with Gasteiger partial charge in [0.05, 0.1) is 6.04 Å². The zero-order valence-corrected chi connectivity index (χ0v) is 18.9. The fourth-order valence-corrected chi connectivity index (χ4v) is 3.86. The van der Waals surface area contributed by atoms with Crippen molar-refractivity contribution in [3.8, 4) is 0 Å². The summed E-state index contributed by atoms with van der Waals surface area (Å²) in [5.41, 5.74) is 0.655. The van der Waals surface area contributed by atoms with E-state index in [1.165, 1.54) is 6.92 Å². The minimum Gasteiger partial charge on any atom is -0.480 e. The maximum absolute atomic E-state index is 13.1. The van der Waals surface area contributed by atoms with E-state index in [0.29, 0.717) is 24.9 Å². The molecule has 2 amide bonds. The van der Waals surface area contributed by atoms with Gasteiger partial charge in [0.1, 0.15) is 12.1 Å². The van der Waals surface area contributed by atoms with E-state index in [4.69, 9.17) is 0 Å². The number of carbonyl (C=O) groups excluding carboxylic acids is 2. The van der Waals surface area contributed by atoms with Crippen LogP contribution in [0, 0.1) is 5.92 Å². The van der Waals surface area contributed by atoms with Gasteiger partial charge in [-0.25, -0.2) is 0 Å². The van der Waals surface area contributed by atoms with Gasteiger partial charge in [-0.15, -0.1) is 11.3 Å². The van der Waals surface area contributed by atoms with Crippen LogP contribution in [0.5, 0.6) is 0 Å². The molecule has 1 heterocycles. The molecule has 1 aromatic heterocycles. The van der Waals surface area contributed by atoms with Crippen molar-refractivity contribution in [3.63, 3.8) is 0 Å². The molecule has 31 heavy (non-hydrogen) atoms. The number of carboxylic acid groups (broad SMARTS) is 1. The van der Waals surface area contributed by atoms with Gasteiger partial charge in [0.2, 0.25) is 11.8 Å². The van der Waals surface area contributed by atoms with Gasteiger partial charge < -0.3 is 15.7 Å². The lowest BCUT2D eigenvalue weighted by molar-refractivity contribution is -0.139. The van der Waals surface area contributed by atoms with E-state index in [1.807, 2.05) is 49.6 Å². The first-order chi connectivity index (χ1) is 14.8. The highest BCUT2D eigenvalue weighted by Crippen LogP contribution is 2.14. The van der Waals surface area contributed by atoms with Gasteiger partial charge >= 0.3 is 5.97 Å². The summed E-state index contributed by atoms with van der Waals surface area (Å²) in [5.74, 6) is -1.52. The van der Waals surface area contributed by atoms with Gasteiger partial charge in [-0.1, -0.05) is 38.1 Å². The SMILES string of the molecule is CC(C)C[C@H](NC(=O)[C@H](CCc1cccs1)N[C@H](C)C(=O)O)C(=O)Nc1ccccc1. The summed E-state index contributed by atoms with van der Waals surface area (Å²) in [4.78, 5) is 38.3. The third-order valence-corrected chi connectivity index (χ3v) is 5.72. The van der Waals surface area contributed by atoms with Crippen LogP contribution in [0.4, 0.5) is 5.69 Å². The number of hydrogen-bond acceptors (Lipinski definition) is 5. The Labute approximate surface area is 187 Å². The molecule has 0 bridgehead atoms. The Bertz CT molecular complexity index is 840. The number of aryl methyl sites for hydroxylation is 1. The van der Waals surface area contributed by atoms with Crippen molar-refractivity contribution in [3.05, 3.63) is 52.7 Å². The quantitative estimate of drug-likeness (QED) is 0.401. The Balaban J connectivity index is 2.10.